The summed E-state index contributed by atoms with van der Waals surface area (Å²) in [5.41, 5.74) is 6.20. The van der Waals surface area contributed by atoms with Crippen LogP contribution in [0.5, 0.6) is 0 Å². The number of piperidine rings is 1. The third kappa shape index (κ3) is 2.59. The van der Waals surface area contributed by atoms with Crippen molar-refractivity contribution >= 4 is 15.9 Å². The van der Waals surface area contributed by atoms with Gasteiger partial charge in [-0.3, -0.25) is 0 Å². The van der Waals surface area contributed by atoms with Crippen LogP contribution in [0.15, 0.2) is 10.8 Å². The van der Waals surface area contributed by atoms with Crippen LogP contribution in [-0.2, 0) is 0 Å². The fraction of sp³-hybridized carbons (Fsp3) is 0.700. The van der Waals surface area contributed by atoms with Gasteiger partial charge in [-0.15, -0.1) is 0 Å². The van der Waals surface area contributed by atoms with E-state index >= 15 is 0 Å². The van der Waals surface area contributed by atoms with Crippen LogP contribution in [0.25, 0.3) is 0 Å². The molecule has 1 fully saturated rings. The van der Waals surface area contributed by atoms with Crippen LogP contribution >= 0.6 is 15.9 Å². The molecule has 15 heavy (non-hydrogen) atoms. The third-order valence-corrected chi connectivity index (χ3v) is 3.55. The maximum absolute atomic E-state index is 6.20. The number of H-pyrrole nitrogens is 1. The van der Waals surface area contributed by atoms with E-state index in [1.54, 1.807) is 6.20 Å². The highest BCUT2D eigenvalue weighted by molar-refractivity contribution is 9.10. The fourth-order valence-corrected chi connectivity index (χ4v) is 2.40. The predicted molar refractivity (Wildman–Crippen MR) is 63.4 cm³/mol. The first-order chi connectivity index (χ1) is 7.16. The molecule has 0 radical (unpaired) electrons. The summed E-state index contributed by atoms with van der Waals surface area (Å²) >= 11 is 3.35. The molecular weight excluding hydrogens is 256 g/mol. The van der Waals surface area contributed by atoms with Gasteiger partial charge in [-0.05, 0) is 54.8 Å². The lowest BCUT2D eigenvalue weighted by molar-refractivity contribution is 0.196. The normalized spacial score (nSPS) is 21.8. The molecule has 84 valence electrons. The van der Waals surface area contributed by atoms with Crippen LogP contribution in [0.3, 0.4) is 0 Å². The maximum Gasteiger partial charge on any atom is 0.124 e. The van der Waals surface area contributed by atoms with E-state index in [0.717, 1.165) is 36.4 Å². The van der Waals surface area contributed by atoms with Crippen molar-refractivity contribution in [2.45, 2.75) is 18.9 Å². The van der Waals surface area contributed by atoms with Gasteiger partial charge in [-0.2, -0.15) is 0 Å². The van der Waals surface area contributed by atoms with Crippen molar-refractivity contribution in [3.8, 4) is 0 Å². The zero-order chi connectivity index (χ0) is 10.8. The van der Waals surface area contributed by atoms with Gasteiger partial charge >= 0.3 is 0 Å². The maximum atomic E-state index is 6.20. The van der Waals surface area contributed by atoms with E-state index in [-0.39, 0.29) is 6.04 Å². The van der Waals surface area contributed by atoms with Crippen molar-refractivity contribution in [3.63, 3.8) is 0 Å². The van der Waals surface area contributed by atoms with Crippen LogP contribution in [0.4, 0.5) is 0 Å². The molecule has 1 aliphatic heterocycles. The smallest absolute Gasteiger partial charge is 0.124 e. The van der Waals surface area contributed by atoms with E-state index in [9.17, 15) is 0 Å². The largest absolute Gasteiger partial charge is 0.335 e. The highest BCUT2D eigenvalue weighted by Gasteiger charge is 2.25. The second-order valence-corrected chi connectivity index (χ2v) is 5.14. The molecule has 1 unspecified atom stereocenters. The monoisotopic (exact) mass is 272 g/mol. The van der Waals surface area contributed by atoms with Crippen LogP contribution in [0.2, 0.25) is 0 Å². The molecule has 5 heteroatoms. The SMILES string of the molecule is CN1CCC(C(N)c2ncc(Br)[nH]2)CC1. The van der Waals surface area contributed by atoms with E-state index < -0.39 is 0 Å². The third-order valence-electron chi connectivity index (χ3n) is 3.15. The fourth-order valence-electron chi connectivity index (χ4n) is 2.09. The van der Waals surface area contributed by atoms with Crippen LogP contribution in [0.1, 0.15) is 24.7 Å². The second kappa shape index (κ2) is 4.63. The molecule has 1 aliphatic rings. The molecule has 2 heterocycles. The van der Waals surface area contributed by atoms with E-state index in [1.165, 1.54) is 0 Å². The molecule has 0 saturated carbocycles. The molecule has 1 saturated heterocycles. The molecule has 0 amide bonds. The highest BCUT2D eigenvalue weighted by Crippen LogP contribution is 2.27. The topological polar surface area (TPSA) is 57.9 Å². The van der Waals surface area contributed by atoms with Crippen LogP contribution in [-0.4, -0.2) is 35.0 Å². The summed E-state index contributed by atoms with van der Waals surface area (Å²) in [6.07, 6.45) is 4.09. The minimum absolute atomic E-state index is 0.0463. The molecular formula is C10H17BrN4. The standard InChI is InChI=1S/C10H17BrN4/c1-15-4-2-7(3-5-15)9(12)10-13-6-8(11)14-10/h6-7,9H,2-5,12H2,1H3,(H,13,14). The van der Waals surface area contributed by atoms with Crippen LogP contribution in [0, 0.1) is 5.92 Å². The van der Waals surface area contributed by atoms with Gasteiger partial charge in [0.1, 0.15) is 10.4 Å². The number of halogens is 1. The second-order valence-electron chi connectivity index (χ2n) is 4.28. The minimum atomic E-state index is 0.0463. The zero-order valence-electron chi connectivity index (χ0n) is 8.91. The van der Waals surface area contributed by atoms with Crippen molar-refractivity contribution in [3.05, 3.63) is 16.6 Å². The first-order valence-electron chi connectivity index (χ1n) is 5.31. The quantitative estimate of drug-likeness (QED) is 0.858. The molecule has 0 bridgehead atoms. The molecule has 0 spiro atoms. The average molecular weight is 273 g/mol. The molecule has 1 aromatic heterocycles. The van der Waals surface area contributed by atoms with Gasteiger partial charge < -0.3 is 15.6 Å². The number of rotatable bonds is 2. The zero-order valence-corrected chi connectivity index (χ0v) is 10.5. The van der Waals surface area contributed by atoms with Gasteiger partial charge in [-0.25, -0.2) is 4.98 Å². The summed E-state index contributed by atoms with van der Waals surface area (Å²) in [4.78, 5) is 9.77. The summed E-state index contributed by atoms with van der Waals surface area (Å²) in [6.45, 7) is 2.28. The molecule has 0 aliphatic carbocycles. The van der Waals surface area contributed by atoms with Crippen molar-refractivity contribution in [2.24, 2.45) is 11.7 Å². The van der Waals surface area contributed by atoms with Gasteiger partial charge in [0, 0.05) is 0 Å². The Labute approximate surface area is 98.4 Å². The number of hydrogen-bond acceptors (Lipinski definition) is 3. The van der Waals surface area contributed by atoms with Gasteiger partial charge in [0.05, 0.1) is 12.2 Å². The first kappa shape index (κ1) is 11.1. The van der Waals surface area contributed by atoms with Crippen molar-refractivity contribution < 1.29 is 0 Å². The summed E-state index contributed by atoms with van der Waals surface area (Å²) in [6, 6.07) is 0.0463. The number of nitrogens with zero attached hydrogens (tertiary/aromatic N) is 2. The van der Waals surface area contributed by atoms with Gasteiger partial charge in [0.25, 0.3) is 0 Å². The summed E-state index contributed by atoms with van der Waals surface area (Å²) < 4.78 is 0.904. The van der Waals surface area contributed by atoms with E-state index in [4.69, 9.17) is 5.73 Å². The van der Waals surface area contributed by atoms with Crippen molar-refractivity contribution in [1.29, 1.82) is 0 Å². The lowest BCUT2D eigenvalue weighted by Crippen LogP contribution is -2.35. The summed E-state index contributed by atoms with van der Waals surface area (Å²) in [7, 11) is 2.16. The van der Waals surface area contributed by atoms with Gasteiger partial charge in [-0.1, -0.05) is 0 Å². The predicted octanol–water partition coefficient (Wildman–Crippen LogP) is 1.51. The number of aromatic nitrogens is 2. The average Bonchev–Trinajstić information content (AvgIpc) is 2.65. The molecule has 0 aromatic carbocycles. The number of hydrogen-bond donors (Lipinski definition) is 2. The Balaban J connectivity index is 1.99. The van der Waals surface area contributed by atoms with Gasteiger partial charge in [0.2, 0.25) is 0 Å². The Kier molecular flexibility index (Phi) is 3.43. The van der Waals surface area contributed by atoms with E-state index in [2.05, 4.69) is 37.8 Å². The molecule has 1 aromatic rings. The number of likely N-dealkylation sites (tertiary alicyclic amines) is 1. The minimum Gasteiger partial charge on any atom is -0.335 e. The number of imidazole rings is 1. The Morgan fingerprint density at radius 1 is 1.60 bits per heavy atom. The molecule has 4 nitrogen and oxygen atoms in total. The van der Waals surface area contributed by atoms with Gasteiger partial charge in [0.15, 0.2) is 0 Å². The Hall–Kier alpha value is -0.390. The Morgan fingerprint density at radius 2 is 2.27 bits per heavy atom. The highest BCUT2D eigenvalue weighted by atomic mass is 79.9. The Morgan fingerprint density at radius 3 is 2.80 bits per heavy atom. The summed E-state index contributed by atoms with van der Waals surface area (Å²) in [5, 5.41) is 0. The van der Waals surface area contributed by atoms with Crippen molar-refractivity contribution in [2.75, 3.05) is 20.1 Å². The van der Waals surface area contributed by atoms with E-state index in [1.807, 2.05) is 0 Å². The molecule has 1 atom stereocenters. The first-order valence-corrected chi connectivity index (χ1v) is 6.10. The lowest BCUT2D eigenvalue weighted by atomic mass is 9.90. The summed E-state index contributed by atoms with van der Waals surface area (Å²) in [5.74, 6) is 1.45. The molecule has 3 N–H and O–H groups in total. The van der Waals surface area contributed by atoms with E-state index in [0.29, 0.717) is 5.92 Å². The number of aromatic amines is 1. The molecule has 2 rings (SSSR count). The number of nitrogens with two attached hydrogens (primary N) is 1. The van der Waals surface area contributed by atoms with Crippen molar-refractivity contribution in [1.82, 2.24) is 14.9 Å². The lowest BCUT2D eigenvalue weighted by Gasteiger charge is -2.31. The number of nitrogens with one attached hydrogen (secondary N) is 1. The Bertz CT molecular complexity index is 317. The van der Waals surface area contributed by atoms with Crippen LogP contribution < -0.4 is 5.73 Å².